The molecule has 13 heteroatoms. The highest BCUT2D eigenvalue weighted by Gasteiger charge is 2.54. The number of para-hydroxylation sites is 1. The molecule has 1 fully saturated rings. The summed E-state index contributed by atoms with van der Waals surface area (Å²) < 4.78 is 3.55. The van der Waals surface area contributed by atoms with E-state index in [1.54, 1.807) is 16.7 Å². The number of β-lactam (4-membered cyclic amide) rings is 1. The molecular formula is C30H29N7O5S+2. The lowest BCUT2D eigenvalue weighted by molar-refractivity contribution is -0.663. The number of pyridine rings is 2. The molecule has 2 aromatic carbocycles. The number of nitrogens with zero attached hydrogens (tertiary/aromatic N) is 3. The quantitative estimate of drug-likeness (QED) is 0.0655. The maximum Gasteiger partial charge on any atom is 0.352 e. The van der Waals surface area contributed by atoms with Gasteiger partial charge in [0.1, 0.15) is 28.8 Å². The van der Waals surface area contributed by atoms with Gasteiger partial charge in [0.05, 0.1) is 7.11 Å². The van der Waals surface area contributed by atoms with Crippen LogP contribution in [-0.2, 0) is 25.8 Å². The number of thioether (sulfide) groups is 1. The van der Waals surface area contributed by atoms with Crippen LogP contribution in [-0.4, -0.2) is 52.1 Å². The highest BCUT2D eigenvalue weighted by Crippen LogP contribution is 2.40. The van der Waals surface area contributed by atoms with E-state index in [4.69, 9.17) is 16.3 Å². The van der Waals surface area contributed by atoms with Crippen molar-refractivity contribution in [3.63, 3.8) is 0 Å². The summed E-state index contributed by atoms with van der Waals surface area (Å²) >= 11 is 1.39. The molecule has 43 heavy (non-hydrogen) atoms. The first-order valence-corrected chi connectivity index (χ1v) is 14.4. The highest BCUT2D eigenvalue weighted by molar-refractivity contribution is 8.00. The van der Waals surface area contributed by atoms with Crippen LogP contribution in [0.5, 0.6) is 0 Å². The number of carbonyl (C=O) groups is 3. The van der Waals surface area contributed by atoms with Crippen molar-refractivity contribution in [3.05, 3.63) is 89.9 Å². The van der Waals surface area contributed by atoms with Gasteiger partial charge in [-0.1, -0.05) is 18.2 Å². The van der Waals surface area contributed by atoms with Gasteiger partial charge in [-0.2, -0.15) is 9.13 Å². The standard InChI is InChI=1S/C30H27N7O5S/c1-42-34-21(15-36-22-7-3-2-5-17(22)9-11-24(36)32)27(38)33-25-28(39)37-26(30(40)41)19(16-43-29(25)37)14-35-12-4-6-18-8-10-20(31)13-23(18)35/h2-13,15,25,29,31-32,34H,14,16H2,1H3,(H2,33,38,40,41)/p+2/t25?,29-/m0/s1. The predicted molar refractivity (Wildman–Crippen MR) is 161 cm³/mol. The molecule has 2 aromatic heterocycles. The number of fused-ring (bicyclic) bond motifs is 3. The molecule has 7 N–H and O–H groups in total. The first-order chi connectivity index (χ1) is 20.8. The van der Waals surface area contributed by atoms with E-state index >= 15 is 0 Å². The van der Waals surface area contributed by atoms with Crippen LogP contribution in [0.25, 0.3) is 28.0 Å². The van der Waals surface area contributed by atoms with Gasteiger partial charge in [0.2, 0.25) is 5.52 Å². The Morgan fingerprint density at radius 2 is 1.84 bits per heavy atom. The molecule has 4 aromatic rings. The fourth-order valence-corrected chi connectivity index (χ4v) is 6.74. The molecule has 1 saturated heterocycles. The summed E-state index contributed by atoms with van der Waals surface area (Å²) in [7, 11) is 1.36. The maximum atomic E-state index is 13.4. The minimum atomic E-state index is -1.21. The normalized spacial score (nSPS) is 18.4. The zero-order valence-electron chi connectivity index (χ0n) is 23.1. The smallest absolute Gasteiger partial charge is 0.352 e. The number of carboxylic acids is 1. The van der Waals surface area contributed by atoms with Gasteiger partial charge in [-0.25, -0.2) is 4.79 Å². The van der Waals surface area contributed by atoms with Gasteiger partial charge in [-0.15, -0.1) is 11.8 Å². The zero-order valence-corrected chi connectivity index (χ0v) is 23.9. The first-order valence-electron chi connectivity index (χ1n) is 13.3. The largest absolute Gasteiger partial charge is 0.477 e. The number of nitrogens with two attached hydrogens (primary N) is 2. The van der Waals surface area contributed by atoms with E-state index in [0.29, 0.717) is 22.8 Å². The predicted octanol–water partition coefficient (Wildman–Crippen LogP) is 1.12. The number of anilines is 2. The van der Waals surface area contributed by atoms with E-state index < -0.39 is 29.2 Å². The molecule has 0 radical (unpaired) electrons. The third kappa shape index (κ3) is 5.08. The molecule has 0 bridgehead atoms. The molecule has 2 amide bonds. The number of amides is 2. The maximum absolute atomic E-state index is 13.4. The van der Waals surface area contributed by atoms with Crippen molar-refractivity contribution in [1.29, 1.82) is 0 Å². The number of carboxylic acid groups (broad SMARTS) is 1. The van der Waals surface area contributed by atoms with Crippen LogP contribution in [0.15, 0.2) is 89.9 Å². The molecule has 2 atom stereocenters. The van der Waals surface area contributed by atoms with E-state index in [1.165, 1.54) is 30.0 Å². The van der Waals surface area contributed by atoms with E-state index in [0.717, 1.165) is 21.8 Å². The fraction of sp³-hybridized carbons (Fsp3) is 0.167. The second-order valence-corrected chi connectivity index (χ2v) is 11.2. The van der Waals surface area contributed by atoms with E-state index in [-0.39, 0.29) is 17.9 Å². The molecule has 1 unspecified atom stereocenters. The molecule has 218 valence electrons. The van der Waals surface area contributed by atoms with E-state index in [2.05, 4.69) is 10.8 Å². The Bertz CT molecular complexity index is 1870. The topological polar surface area (TPSA) is 168 Å². The number of aliphatic carboxylic acids is 1. The van der Waals surface area contributed by atoms with Gasteiger partial charge >= 0.3 is 5.97 Å². The number of nitrogens with one attached hydrogen (secondary N) is 2. The Balaban J connectivity index is 1.26. The molecule has 0 aliphatic carbocycles. The van der Waals surface area contributed by atoms with Crippen molar-refractivity contribution in [1.82, 2.24) is 15.7 Å². The molecule has 2 aliphatic heterocycles. The van der Waals surface area contributed by atoms with Crippen LogP contribution < -0.4 is 31.4 Å². The van der Waals surface area contributed by atoms with Crippen LogP contribution >= 0.6 is 11.8 Å². The van der Waals surface area contributed by atoms with Crippen molar-refractivity contribution >= 4 is 69.1 Å². The third-order valence-corrected chi connectivity index (χ3v) is 8.77. The Morgan fingerprint density at radius 1 is 1.09 bits per heavy atom. The van der Waals surface area contributed by atoms with Gasteiger partial charge in [0, 0.05) is 46.0 Å². The summed E-state index contributed by atoms with van der Waals surface area (Å²) in [6.07, 6.45) is 3.34. The number of hydrogen-bond donors (Lipinski definition) is 5. The lowest BCUT2D eigenvalue weighted by atomic mass is 10.0. The molecular weight excluding hydrogens is 570 g/mol. The summed E-state index contributed by atoms with van der Waals surface area (Å²) in [5.74, 6) is -1.60. The molecule has 4 heterocycles. The summed E-state index contributed by atoms with van der Waals surface area (Å²) in [6.45, 7) is 0.261. The van der Waals surface area contributed by atoms with Gasteiger partial charge in [0.25, 0.3) is 17.6 Å². The molecule has 2 aliphatic rings. The first kappa shape index (κ1) is 28.0. The second-order valence-electron chi connectivity index (χ2n) is 10.1. The minimum absolute atomic E-state index is 0.00364. The molecule has 0 spiro atoms. The minimum Gasteiger partial charge on any atom is -0.477 e. The Morgan fingerprint density at radius 3 is 2.63 bits per heavy atom. The van der Waals surface area contributed by atoms with Crippen LogP contribution in [0.3, 0.4) is 0 Å². The van der Waals surface area contributed by atoms with Gasteiger partial charge in [-0.05, 0) is 30.3 Å². The number of benzene rings is 2. The summed E-state index contributed by atoms with van der Waals surface area (Å²) in [5, 5.41) is 14.2. The highest BCUT2D eigenvalue weighted by atomic mass is 32.2. The summed E-state index contributed by atoms with van der Waals surface area (Å²) in [5.41, 5.74) is 17.5. The lowest BCUT2D eigenvalue weighted by Gasteiger charge is -2.49. The number of aromatic nitrogens is 2. The molecule has 0 saturated carbocycles. The van der Waals surface area contributed by atoms with Crippen molar-refractivity contribution in [3.8, 4) is 0 Å². The van der Waals surface area contributed by atoms with E-state index in [9.17, 15) is 19.5 Å². The lowest BCUT2D eigenvalue weighted by Crippen LogP contribution is -2.71. The van der Waals surface area contributed by atoms with Gasteiger partial charge in [0.15, 0.2) is 18.4 Å². The fourth-order valence-electron chi connectivity index (χ4n) is 5.41. The van der Waals surface area contributed by atoms with Crippen LogP contribution in [0.4, 0.5) is 11.5 Å². The van der Waals surface area contributed by atoms with E-state index in [1.807, 2.05) is 65.4 Å². The Kier molecular flexibility index (Phi) is 7.34. The number of hydrogen-bond acceptors (Lipinski definition) is 8. The third-order valence-electron chi connectivity index (χ3n) is 7.43. The molecule has 12 nitrogen and oxygen atoms in total. The monoisotopic (exact) mass is 599 g/mol. The number of hydroxylamine groups is 1. The van der Waals surface area contributed by atoms with Crippen molar-refractivity contribution in [2.24, 2.45) is 0 Å². The molecule has 6 rings (SSSR count). The van der Waals surface area contributed by atoms with Crippen LogP contribution in [0, 0.1) is 0 Å². The SMILES string of the molecule is CONC(=C[n+]1c(N)ccc2ccccc21)C(=O)NC1C(=O)N2C(C(=O)O)=C(C[n+]3cccc4ccc(N)cc43)CS[C@@H]12. The van der Waals surface area contributed by atoms with Crippen molar-refractivity contribution < 1.29 is 33.5 Å². The number of rotatable bonds is 8. The summed E-state index contributed by atoms with van der Waals surface area (Å²) in [6, 6.07) is 19.5. The summed E-state index contributed by atoms with van der Waals surface area (Å²) in [4.78, 5) is 45.5. The average Bonchev–Trinajstić information content (AvgIpc) is 3.00. The average molecular weight is 600 g/mol. The van der Waals surface area contributed by atoms with Crippen molar-refractivity contribution in [2.45, 2.75) is 18.0 Å². The Labute approximate surface area is 250 Å². The number of carbonyl (C=O) groups excluding carboxylic acids is 2. The number of nitrogen functional groups attached to an aromatic ring is 2. The second kappa shape index (κ2) is 11.3. The van der Waals surface area contributed by atoms with Crippen LogP contribution in [0.2, 0.25) is 0 Å². The van der Waals surface area contributed by atoms with Crippen molar-refractivity contribution in [2.75, 3.05) is 24.3 Å². The Hall–Kier alpha value is -5.14. The van der Waals surface area contributed by atoms with Crippen LogP contribution in [0.1, 0.15) is 0 Å². The zero-order chi connectivity index (χ0) is 30.2. The van der Waals surface area contributed by atoms with Gasteiger partial charge in [-0.3, -0.25) is 30.5 Å². The van der Waals surface area contributed by atoms with Gasteiger partial charge < -0.3 is 16.2 Å².